The van der Waals surface area contributed by atoms with Crippen LogP contribution in [0.3, 0.4) is 0 Å². The summed E-state index contributed by atoms with van der Waals surface area (Å²) in [6.45, 7) is 1.16. The highest BCUT2D eigenvalue weighted by Crippen LogP contribution is 2.20. The van der Waals surface area contributed by atoms with Gasteiger partial charge in [-0.15, -0.1) is 11.8 Å². The highest BCUT2D eigenvalue weighted by Gasteiger charge is 2.27. The van der Waals surface area contributed by atoms with Gasteiger partial charge in [0.2, 0.25) is 17.7 Å². The van der Waals surface area contributed by atoms with E-state index < -0.39 is 5.95 Å². The molecule has 0 spiro atoms. The van der Waals surface area contributed by atoms with Crippen molar-refractivity contribution in [3.8, 4) is 5.88 Å². The van der Waals surface area contributed by atoms with Crippen molar-refractivity contribution in [3.05, 3.63) is 48.7 Å². The molecule has 2 aromatic rings. The van der Waals surface area contributed by atoms with E-state index in [4.69, 9.17) is 4.74 Å². The minimum atomic E-state index is -0.567. The summed E-state index contributed by atoms with van der Waals surface area (Å²) in [6.07, 6.45) is 4.00. The van der Waals surface area contributed by atoms with Crippen LogP contribution in [0, 0.1) is 5.95 Å². The number of amides is 1. The van der Waals surface area contributed by atoms with Gasteiger partial charge in [-0.05, 0) is 18.2 Å². The van der Waals surface area contributed by atoms with E-state index in [0.29, 0.717) is 18.8 Å². The summed E-state index contributed by atoms with van der Waals surface area (Å²) in [5.41, 5.74) is 0. The highest BCUT2D eigenvalue weighted by molar-refractivity contribution is 8.00. The van der Waals surface area contributed by atoms with Gasteiger partial charge in [-0.25, -0.2) is 0 Å². The zero-order chi connectivity index (χ0) is 16.1. The van der Waals surface area contributed by atoms with Crippen molar-refractivity contribution >= 4 is 17.7 Å². The summed E-state index contributed by atoms with van der Waals surface area (Å²) < 4.78 is 18.7. The number of carbonyl (C=O) groups is 1. The number of pyridine rings is 2. The molecule has 0 aliphatic carbocycles. The Morgan fingerprint density at radius 1 is 1.35 bits per heavy atom. The standard InChI is InChI=1S/C16H16FN3O2S/c17-14-2-1-3-15(19-14)22-12-6-9-20(10-12)16(21)11-23-13-4-7-18-8-5-13/h1-5,7-8,12H,6,9-11H2. The highest BCUT2D eigenvalue weighted by atomic mass is 32.2. The minimum absolute atomic E-state index is 0.0742. The number of aromatic nitrogens is 2. The minimum Gasteiger partial charge on any atom is -0.472 e. The first-order valence-corrected chi connectivity index (χ1v) is 8.29. The van der Waals surface area contributed by atoms with Gasteiger partial charge in [-0.1, -0.05) is 6.07 Å². The summed E-state index contributed by atoms with van der Waals surface area (Å²) in [7, 11) is 0. The van der Waals surface area contributed by atoms with Crippen molar-refractivity contribution in [2.45, 2.75) is 17.4 Å². The fraction of sp³-hybridized carbons (Fsp3) is 0.312. The third kappa shape index (κ3) is 4.41. The summed E-state index contributed by atoms with van der Waals surface area (Å²) in [5, 5.41) is 0. The van der Waals surface area contributed by atoms with E-state index in [1.54, 1.807) is 29.4 Å². The van der Waals surface area contributed by atoms with Crippen LogP contribution in [0.25, 0.3) is 0 Å². The van der Waals surface area contributed by atoms with Crippen molar-refractivity contribution in [1.29, 1.82) is 0 Å². The normalized spacial score (nSPS) is 17.3. The Morgan fingerprint density at radius 2 is 2.17 bits per heavy atom. The summed E-state index contributed by atoms with van der Waals surface area (Å²) in [4.78, 5) is 22.7. The third-order valence-corrected chi connectivity index (χ3v) is 4.48. The van der Waals surface area contributed by atoms with Crippen molar-refractivity contribution < 1.29 is 13.9 Å². The third-order valence-electron chi connectivity index (χ3n) is 3.49. The lowest BCUT2D eigenvalue weighted by Crippen LogP contribution is -2.32. The van der Waals surface area contributed by atoms with E-state index in [0.717, 1.165) is 11.3 Å². The van der Waals surface area contributed by atoms with E-state index in [2.05, 4.69) is 9.97 Å². The lowest BCUT2D eigenvalue weighted by molar-refractivity contribution is -0.127. The molecule has 1 atom stereocenters. The van der Waals surface area contributed by atoms with Gasteiger partial charge < -0.3 is 9.64 Å². The van der Waals surface area contributed by atoms with Crippen molar-refractivity contribution in [2.75, 3.05) is 18.8 Å². The zero-order valence-electron chi connectivity index (χ0n) is 12.4. The van der Waals surface area contributed by atoms with Gasteiger partial charge in [0.25, 0.3) is 0 Å². The van der Waals surface area contributed by atoms with E-state index in [1.807, 2.05) is 12.1 Å². The number of thioether (sulfide) groups is 1. The monoisotopic (exact) mass is 333 g/mol. The van der Waals surface area contributed by atoms with Crippen molar-refractivity contribution in [3.63, 3.8) is 0 Å². The molecule has 5 nitrogen and oxygen atoms in total. The fourth-order valence-corrected chi connectivity index (χ4v) is 3.13. The molecule has 1 aliphatic rings. The second-order valence-corrected chi connectivity index (χ2v) is 6.19. The molecule has 1 amide bonds. The molecule has 23 heavy (non-hydrogen) atoms. The number of ether oxygens (including phenoxy) is 1. The van der Waals surface area contributed by atoms with E-state index in [9.17, 15) is 9.18 Å². The molecule has 1 unspecified atom stereocenters. The summed E-state index contributed by atoms with van der Waals surface area (Å²) in [6, 6.07) is 8.20. The molecular weight excluding hydrogens is 317 g/mol. The number of nitrogens with zero attached hydrogens (tertiary/aromatic N) is 3. The lowest BCUT2D eigenvalue weighted by atomic mass is 10.3. The Bertz CT molecular complexity index is 671. The molecule has 0 saturated carbocycles. The molecule has 1 aliphatic heterocycles. The predicted molar refractivity (Wildman–Crippen MR) is 84.8 cm³/mol. The average molecular weight is 333 g/mol. The van der Waals surface area contributed by atoms with Crippen LogP contribution < -0.4 is 4.74 Å². The van der Waals surface area contributed by atoms with Gasteiger partial charge in [0.15, 0.2) is 0 Å². The van der Waals surface area contributed by atoms with Crippen LogP contribution in [0.4, 0.5) is 4.39 Å². The van der Waals surface area contributed by atoms with Crippen LogP contribution in [0.5, 0.6) is 5.88 Å². The number of rotatable bonds is 5. The number of halogens is 1. The molecular formula is C16H16FN3O2S. The van der Waals surface area contributed by atoms with Crippen LogP contribution >= 0.6 is 11.8 Å². The van der Waals surface area contributed by atoms with Crippen LogP contribution in [0.1, 0.15) is 6.42 Å². The maximum atomic E-state index is 13.0. The molecule has 2 aromatic heterocycles. The second kappa shape index (κ2) is 7.41. The Balaban J connectivity index is 1.48. The Kier molecular flexibility index (Phi) is 5.07. The van der Waals surface area contributed by atoms with Crippen molar-refractivity contribution in [1.82, 2.24) is 14.9 Å². The molecule has 120 valence electrons. The fourth-order valence-electron chi connectivity index (χ4n) is 2.35. The van der Waals surface area contributed by atoms with Gasteiger partial charge in [-0.2, -0.15) is 9.37 Å². The van der Waals surface area contributed by atoms with Gasteiger partial charge in [0, 0.05) is 36.3 Å². The molecule has 7 heteroatoms. The number of hydrogen-bond donors (Lipinski definition) is 0. The molecule has 0 bridgehead atoms. The predicted octanol–water partition coefficient (Wildman–Crippen LogP) is 2.39. The molecule has 1 fully saturated rings. The number of carbonyl (C=O) groups excluding carboxylic acids is 1. The van der Waals surface area contributed by atoms with Gasteiger partial charge in [-0.3, -0.25) is 9.78 Å². The molecule has 0 N–H and O–H groups in total. The van der Waals surface area contributed by atoms with Gasteiger partial charge >= 0.3 is 0 Å². The van der Waals surface area contributed by atoms with Gasteiger partial charge in [0.1, 0.15) is 6.10 Å². The summed E-state index contributed by atoms with van der Waals surface area (Å²) in [5.74, 6) is 0.150. The second-order valence-electron chi connectivity index (χ2n) is 5.14. The first kappa shape index (κ1) is 15.7. The topological polar surface area (TPSA) is 55.3 Å². The Morgan fingerprint density at radius 3 is 2.96 bits per heavy atom. The lowest BCUT2D eigenvalue weighted by Gasteiger charge is -2.16. The van der Waals surface area contributed by atoms with E-state index in [-0.39, 0.29) is 17.9 Å². The Labute approximate surface area is 137 Å². The SMILES string of the molecule is O=C(CSc1ccncc1)N1CCC(Oc2cccc(F)n2)C1. The van der Waals surface area contributed by atoms with E-state index in [1.165, 1.54) is 17.8 Å². The van der Waals surface area contributed by atoms with E-state index >= 15 is 0 Å². The summed E-state index contributed by atoms with van der Waals surface area (Å²) >= 11 is 1.49. The molecule has 1 saturated heterocycles. The smallest absolute Gasteiger partial charge is 0.233 e. The van der Waals surface area contributed by atoms with Crippen molar-refractivity contribution in [2.24, 2.45) is 0 Å². The zero-order valence-corrected chi connectivity index (χ0v) is 13.2. The quantitative estimate of drug-likeness (QED) is 0.621. The van der Waals surface area contributed by atoms with Gasteiger partial charge in [0.05, 0.1) is 12.3 Å². The van der Waals surface area contributed by atoms with Crippen LogP contribution in [-0.2, 0) is 4.79 Å². The number of hydrogen-bond acceptors (Lipinski definition) is 5. The molecule has 3 heterocycles. The number of likely N-dealkylation sites (tertiary alicyclic amines) is 1. The molecule has 3 rings (SSSR count). The maximum Gasteiger partial charge on any atom is 0.233 e. The molecule has 0 radical (unpaired) electrons. The van der Waals surface area contributed by atoms with Crippen LogP contribution in [0.2, 0.25) is 0 Å². The van der Waals surface area contributed by atoms with Crippen LogP contribution in [0.15, 0.2) is 47.6 Å². The first-order chi connectivity index (χ1) is 11.2. The molecule has 0 aromatic carbocycles. The largest absolute Gasteiger partial charge is 0.472 e. The average Bonchev–Trinajstić information content (AvgIpc) is 3.02. The first-order valence-electron chi connectivity index (χ1n) is 7.30. The Hall–Kier alpha value is -2.15. The maximum absolute atomic E-state index is 13.0. The van der Waals surface area contributed by atoms with Crippen LogP contribution in [-0.4, -0.2) is 45.7 Å².